The molecule has 2 aromatic rings. The van der Waals surface area contributed by atoms with Crippen LogP contribution in [0.2, 0.25) is 0 Å². The molecular formula is C25H31N3O2S. The van der Waals surface area contributed by atoms with Crippen molar-refractivity contribution in [1.82, 2.24) is 9.88 Å². The maximum atomic E-state index is 12.2. The summed E-state index contributed by atoms with van der Waals surface area (Å²) in [5.74, 6) is 0.652. The number of thioether (sulfide) groups is 1. The number of hydrogen-bond acceptors (Lipinski definition) is 5. The lowest BCUT2D eigenvalue weighted by Gasteiger charge is -2.32. The normalized spacial score (nSPS) is 19.6. The third kappa shape index (κ3) is 5.55. The fraction of sp³-hybridized carbons (Fsp3) is 0.480. The van der Waals surface area contributed by atoms with Crippen LogP contribution >= 0.6 is 11.8 Å². The van der Waals surface area contributed by atoms with E-state index in [-0.39, 0.29) is 0 Å². The minimum atomic E-state index is -0.763. The second kappa shape index (κ2) is 10.4. The van der Waals surface area contributed by atoms with Crippen LogP contribution in [-0.2, 0) is 11.3 Å². The number of allylic oxidation sites excluding steroid dienone is 2. The van der Waals surface area contributed by atoms with Crippen molar-refractivity contribution in [2.75, 3.05) is 18.6 Å². The molecule has 0 saturated heterocycles. The van der Waals surface area contributed by atoms with E-state index in [2.05, 4.69) is 17.0 Å². The third-order valence-electron chi connectivity index (χ3n) is 6.33. The Morgan fingerprint density at radius 1 is 1.23 bits per heavy atom. The van der Waals surface area contributed by atoms with Crippen molar-refractivity contribution in [1.29, 1.82) is 0 Å². The fourth-order valence-corrected chi connectivity index (χ4v) is 5.12. The van der Waals surface area contributed by atoms with Crippen LogP contribution in [0, 0.1) is 5.92 Å². The van der Waals surface area contributed by atoms with Crippen molar-refractivity contribution >= 4 is 34.3 Å². The first-order valence-corrected chi connectivity index (χ1v) is 12.6. The highest BCUT2D eigenvalue weighted by atomic mass is 32.2. The first-order chi connectivity index (χ1) is 15.1. The van der Waals surface area contributed by atoms with Gasteiger partial charge in [-0.2, -0.15) is 11.8 Å². The molecule has 1 N–H and O–H groups in total. The highest BCUT2D eigenvalue weighted by Gasteiger charge is 2.29. The van der Waals surface area contributed by atoms with Gasteiger partial charge >= 0.3 is 5.97 Å². The monoisotopic (exact) mass is 437 g/mol. The minimum absolute atomic E-state index is 0.512. The van der Waals surface area contributed by atoms with Gasteiger partial charge in [-0.3, -0.25) is 19.7 Å². The van der Waals surface area contributed by atoms with Gasteiger partial charge in [-0.1, -0.05) is 30.3 Å². The second-order valence-electron chi connectivity index (χ2n) is 8.51. The van der Waals surface area contributed by atoms with Gasteiger partial charge in [0, 0.05) is 35.8 Å². The van der Waals surface area contributed by atoms with E-state index in [1.54, 1.807) is 11.8 Å². The van der Waals surface area contributed by atoms with Gasteiger partial charge in [-0.05, 0) is 62.7 Å². The van der Waals surface area contributed by atoms with Gasteiger partial charge in [-0.15, -0.1) is 0 Å². The smallest absolute Gasteiger partial charge is 0.320 e. The number of pyridine rings is 1. The van der Waals surface area contributed by atoms with Crippen LogP contribution in [0.4, 0.5) is 0 Å². The van der Waals surface area contributed by atoms with Crippen LogP contribution in [-0.4, -0.2) is 51.3 Å². The molecule has 5 nitrogen and oxygen atoms in total. The molecule has 2 heterocycles. The van der Waals surface area contributed by atoms with Crippen LogP contribution in [0.5, 0.6) is 0 Å². The summed E-state index contributed by atoms with van der Waals surface area (Å²) in [6, 6.07) is 11.6. The van der Waals surface area contributed by atoms with Gasteiger partial charge in [0.05, 0.1) is 11.2 Å². The summed E-state index contributed by atoms with van der Waals surface area (Å²) in [4.78, 5) is 24.0. The van der Waals surface area contributed by atoms with E-state index in [4.69, 9.17) is 9.98 Å². The number of nitrogens with zero attached hydrogens (tertiary/aromatic N) is 3. The number of carbonyl (C=O) groups is 1. The minimum Gasteiger partial charge on any atom is -0.480 e. The Morgan fingerprint density at radius 3 is 2.94 bits per heavy atom. The van der Waals surface area contributed by atoms with Gasteiger partial charge in [0.1, 0.15) is 6.04 Å². The summed E-state index contributed by atoms with van der Waals surface area (Å²) in [6.45, 7) is 1.10. The second-order valence-corrected chi connectivity index (χ2v) is 9.49. The van der Waals surface area contributed by atoms with Crippen LogP contribution < -0.4 is 0 Å². The van der Waals surface area contributed by atoms with Crippen molar-refractivity contribution < 1.29 is 9.90 Å². The average Bonchev–Trinajstić information content (AvgIpc) is 2.79. The molecule has 1 aliphatic heterocycles. The number of aliphatic imine (C=N–C) groups is 1. The predicted octanol–water partition coefficient (Wildman–Crippen LogP) is 5.16. The van der Waals surface area contributed by atoms with E-state index in [0.29, 0.717) is 25.4 Å². The van der Waals surface area contributed by atoms with Crippen molar-refractivity contribution in [2.24, 2.45) is 10.9 Å². The molecule has 1 aliphatic carbocycles. The number of para-hydroxylation sites is 1. The SMILES string of the molecule is CSCC[C@@H](C(=O)O)N(CC1=NC2=CCCC[C@H]2CC1)Cc1ccc2ccccc2n1. The number of hydrogen-bond donors (Lipinski definition) is 1. The van der Waals surface area contributed by atoms with Crippen LogP contribution in [0.25, 0.3) is 10.9 Å². The zero-order valence-corrected chi connectivity index (χ0v) is 19.0. The zero-order chi connectivity index (χ0) is 21.6. The summed E-state index contributed by atoms with van der Waals surface area (Å²) >= 11 is 1.69. The average molecular weight is 438 g/mol. The Balaban J connectivity index is 1.59. The molecule has 1 aromatic carbocycles. The van der Waals surface area contributed by atoms with Gasteiger partial charge in [0.2, 0.25) is 0 Å². The summed E-state index contributed by atoms with van der Waals surface area (Å²) in [7, 11) is 0. The summed E-state index contributed by atoms with van der Waals surface area (Å²) in [6.07, 6.45) is 10.6. The van der Waals surface area contributed by atoms with Crippen molar-refractivity contribution in [3.8, 4) is 0 Å². The maximum absolute atomic E-state index is 12.2. The summed E-state index contributed by atoms with van der Waals surface area (Å²) in [5, 5.41) is 11.1. The number of aliphatic carboxylic acids is 1. The first kappa shape index (κ1) is 22.0. The molecule has 31 heavy (non-hydrogen) atoms. The Hall–Kier alpha value is -2.18. The molecule has 0 spiro atoms. The molecule has 0 bridgehead atoms. The highest BCUT2D eigenvalue weighted by molar-refractivity contribution is 7.98. The summed E-state index contributed by atoms with van der Waals surface area (Å²) < 4.78 is 0. The lowest BCUT2D eigenvalue weighted by Crippen LogP contribution is -2.44. The van der Waals surface area contributed by atoms with Crippen molar-refractivity contribution in [3.05, 3.63) is 53.9 Å². The standard InChI is InChI=1S/C25H31N3O2S/c1-31-15-14-24(25(29)30)28(16-20-12-10-18-6-2-4-8-22(18)26-20)17-21-13-11-19-7-3-5-9-23(19)27-21/h2,4,6,8-10,12,19,24H,3,5,7,11,13-17H2,1H3,(H,29,30)/t19-,24-/m0/s1. The largest absolute Gasteiger partial charge is 0.480 e. The van der Waals surface area contributed by atoms with E-state index in [9.17, 15) is 9.90 Å². The predicted molar refractivity (Wildman–Crippen MR) is 129 cm³/mol. The van der Waals surface area contributed by atoms with Gasteiger partial charge in [0.25, 0.3) is 0 Å². The number of aromatic nitrogens is 1. The van der Waals surface area contributed by atoms with E-state index in [0.717, 1.165) is 47.3 Å². The number of carboxylic acid groups (broad SMARTS) is 1. The molecule has 164 valence electrons. The van der Waals surface area contributed by atoms with Crippen molar-refractivity contribution in [2.45, 2.75) is 51.1 Å². The van der Waals surface area contributed by atoms with Gasteiger partial charge < -0.3 is 5.11 Å². The Bertz CT molecular complexity index is 988. The van der Waals surface area contributed by atoms with Crippen LogP contribution in [0.3, 0.4) is 0 Å². The molecule has 6 heteroatoms. The molecule has 2 atom stereocenters. The van der Waals surface area contributed by atoms with Gasteiger partial charge in [0.15, 0.2) is 0 Å². The molecule has 0 radical (unpaired) electrons. The van der Waals surface area contributed by atoms with E-state index in [1.807, 2.05) is 36.6 Å². The molecule has 0 amide bonds. The topological polar surface area (TPSA) is 65.8 Å². The molecule has 4 rings (SSSR count). The maximum Gasteiger partial charge on any atom is 0.320 e. The Labute approximate surface area is 188 Å². The lowest BCUT2D eigenvalue weighted by molar-refractivity contribution is -0.143. The molecule has 0 saturated carbocycles. The van der Waals surface area contributed by atoms with Crippen molar-refractivity contribution in [3.63, 3.8) is 0 Å². The number of fused-ring (bicyclic) bond motifs is 2. The molecule has 0 fully saturated rings. The Kier molecular flexibility index (Phi) is 7.41. The van der Waals surface area contributed by atoms with E-state index in [1.165, 1.54) is 18.5 Å². The third-order valence-corrected chi connectivity index (χ3v) is 6.97. The number of benzene rings is 1. The number of rotatable bonds is 9. The molecule has 0 unspecified atom stereocenters. The quantitative estimate of drug-likeness (QED) is 0.587. The molecule has 1 aromatic heterocycles. The molecule has 2 aliphatic rings. The number of carboxylic acids is 1. The first-order valence-electron chi connectivity index (χ1n) is 11.2. The van der Waals surface area contributed by atoms with Crippen LogP contribution in [0.1, 0.15) is 44.2 Å². The molecular weight excluding hydrogens is 406 g/mol. The zero-order valence-electron chi connectivity index (χ0n) is 18.2. The van der Waals surface area contributed by atoms with Crippen LogP contribution in [0.15, 0.2) is 53.2 Å². The van der Waals surface area contributed by atoms with E-state index >= 15 is 0 Å². The van der Waals surface area contributed by atoms with Gasteiger partial charge in [-0.25, -0.2) is 0 Å². The fourth-order valence-electron chi connectivity index (χ4n) is 4.66. The highest BCUT2D eigenvalue weighted by Crippen LogP contribution is 2.33. The van der Waals surface area contributed by atoms with E-state index < -0.39 is 12.0 Å². The lowest BCUT2D eigenvalue weighted by atomic mass is 9.85. The summed E-state index contributed by atoms with van der Waals surface area (Å²) in [5.41, 5.74) is 4.19. The Morgan fingerprint density at radius 2 is 2.10 bits per heavy atom.